The van der Waals surface area contributed by atoms with Crippen LogP contribution < -0.4 is 55.2 Å². The van der Waals surface area contributed by atoms with E-state index < -0.39 is 35.2 Å². The minimum Gasteiger partial charge on any atom is -1.00 e. The lowest BCUT2D eigenvalue weighted by Gasteiger charge is -2.52. The lowest BCUT2D eigenvalue weighted by atomic mass is 10.1. The molecule has 1 saturated heterocycles. The van der Waals surface area contributed by atoms with Gasteiger partial charge in [0.25, 0.3) is 0 Å². The zero-order valence-corrected chi connectivity index (χ0v) is 65.8. The number of azo groups is 2. The lowest BCUT2D eigenvalue weighted by molar-refractivity contribution is -0.657. The van der Waals surface area contributed by atoms with Crippen LogP contribution in [0.2, 0.25) is 24.2 Å². The van der Waals surface area contributed by atoms with Crippen molar-refractivity contribution < 1.29 is 87.2 Å². The van der Waals surface area contributed by atoms with E-state index >= 15 is 0 Å². The number of ether oxygens (including phenoxy) is 2. The van der Waals surface area contributed by atoms with Crippen molar-refractivity contribution in [1.29, 1.82) is 0 Å². The fourth-order valence-electron chi connectivity index (χ4n) is 11.2. The number of aryl methyl sites for hydroxylation is 4. The third-order valence-corrected chi connectivity index (χ3v) is 33.3. The molecule has 1 unspecified atom stereocenters. The Morgan fingerprint density at radius 1 is 0.485 bits per heavy atom. The molecular formula is C67H120Cl2N12O12Si4. The van der Waals surface area contributed by atoms with E-state index in [-0.39, 0.29) is 49.6 Å². The van der Waals surface area contributed by atoms with Gasteiger partial charge < -0.3 is 89.7 Å². The van der Waals surface area contributed by atoms with Crippen LogP contribution in [0.3, 0.4) is 0 Å². The van der Waals surface area contributed by atoms with Gasteiger partial charge in [0.2, 0.25) is 0 Å². The minimum atomic E-state index is -3.85. The van der Waals surface area contributed by atoms with Crippen LogP contribution in [0.25, 0.3) is 0 Å². The number of hydrogen-bond donors (Lipinski definition) is 4. The van der Waals surface area contributed by atoms with Gasteiger partial charge in [-0.3, -0.25) is 9.59 Å². The van der Waals surface area contributed by atoms with Crippen LogP contribution in [-0.4, -0.2) is 137 Å². The predicted octanol–water partition coefficient (Wildman–Crippen LogP) is 7.85. The first kappa shape index (κ1) is 86.9. The van der Waals surface area contributed by atoms with Gasteiger partial charge in [-0.1, -0.05) is 133 Å². The monoisotopic (exact) mass is 1470 g/mol. The third kappa shape index (κ3) is 33.3. The van der Waals surface area contributed by atoms with Crippen molar-refractivity contribution in [2.75, 3.05) is 91.6 Å². The highest BCUT2D eigenvalue weighted by Gasteiger charge is 2.70. The number of imidazole rings is 2. The highest BCUT2D eigenvalue weighted by molar-refractivity contribution is 6.92. The number of benzene rings is 2. The van der Waals surface area contributed by atoms with Crippen LogP contribution in [0.1, 0.15) is 174 Å². The van der Waals surface area contributed by atoms with Crippen LogP contribution in [0.4, 0.5) is 34.6 Å². The fourth-order valence-corrected chi connectivity index (χ4v) is 29.2. The molecule has 1 aliphatic heterocycles. The first-order valence-corrected chi connectivity index (χ1v) is 43.2. The Bertz CT molecular complexity index is 2750. The van der Waals surface area contributed by atoms with Gasteiger partial charge in [0.15, 0.2) is 0 Å². The third-order valence-electron chi connectivity index (χ3n) is 17.0. The molecule has 1 aliphatic rings. The number of aromatic nitrogens is 4. The van der Waals surface area contributed by atoms with E-state index in [2.05, 4.69) is 55.6 Å². The molecule has 0 aliphatic carbocycles. The van der Waals surface area contributed by atoms with E-state index in [4.69, 9.17) is 43.6 Å². The molecule has 0 radical (unpaired) electrons. The standard InChI is InChI=1S/C67H118N12O12Si4.2ClH/c1-11-13-15-17-19-21-23-25-27-29-55-87-65(81)43-49-69-45-31-59-95(90-94(85-10,91-95)58-33-47-71-61-36-40-63(41-37-61)73-75-67-78(5)52-53-79(67)6)89-93(84-9,57-32-46-70-60-34-38-62(39-35-60)72-74-66-76(3)50-51-77(66)4)88-92(82-7,83-8)56-30-44-68-48-42-64(80)86-54-28-26-24-22-20-18-16-14-12-2;;/h34-41,50-53,68-69H,11-33,42-49,54-59H2,1-10H3;2*1H. The number of carbonyl (C=O) groups is 2. The largest absolute Gasteiger partial charge is 1.00 e. The molecule has 4 aromatic rings. The van der Waals surface area contributed by atoms with Crippen molar-refractivity contribution in [3.05, 3.63) is 73.3 Å². The average Bonchev–Trinajstić information content (AvgIpc) is 1.30. The van der Waals surface area contributed by atoms with Crippen LogP contribution in [0.15, 0.2) is 93.8 Å². The van der Waals surface area contributed by atoms with Gasteiger partial charge in [0.1, 0.15) is 11.4 Å². The topological polar surface area (TPSA) is 242 Å². The Kier molecular flexibility index (Phi) is 44.8. The SMILES string of the molecule is CCCCCCCCCCCCOC(=O)CCNCCC[Si]1(O[Si](CCCNc2ccc(N=Nc3n(C)cc[n+]3C)cc2)(OC)O[Si](CCCNCCC(=O)OCCCCCCCCCCC)(OC)OC)O[Si](CCCNc2ccc(N=Nc3n(C)cc[n+]3C)cc2)(OC)O1.[Cl-].[Cl-]. The number of esters is 2. The molecule has 550 valence electrons. The van der Waals surface area contributed by atoms with Crippen molar-refractivity contribution in [3.8, 4) is 0 Å². The van der Waals surface area contributed by atoms with E-state index in [1.165, 1.54) is 96.3 Å². The molecule has 0 spiro atoms. The Morgan fingerprint density at radius 2 is 0.866 bits per heavy atom. The van der Waals surface area contributed by atoms with Crippen molar-refractivity contribution in [2.24, 2.45) is 48.6 Å². The second-order valence-electron chi connectivity index (χ2n) is 24.8. The van der Waals surface area contributed by atoms with E-state index in [1.807, 2.05) is 120 Å². The second-order valence-corrected chi connectivity index (χ2v) is 37.2. The summed E-state index contributed by atoms with van der Waals surface area (Å²) in [5, 5.41) is 31.7. The molecule has 2 aromatic carbocycles. The summed E-state index contributed by atoms with van der Waals surface area (Å²) in [6, 6.07) is 17.4. The van der Waals surface area contributed by atoms with E-state index in [9.17, 15) is 9.59 Å². The van der Waals surface area contributed by atoms with Crippen LogP contribution in [0, 0.1) is 0 Å². The molecule has 24 nitrogen and oxygen atoms in total. The molecule has 30 heteroatoms. The maximum absolute atomic E-state index is 12.8. The summed E-state index contributed by atoms with van der Waals surface area (Å²) in [5.74, 6) is 1.07. The summed E-state index contributed by atoms with van der Waals surface area (Å²) < 4.78 is 73.1. The fraction of sp³-hybridized carbons (Fsp3) is 0.701. The molecule has 1 fully saturated rings. The smallest absolute Gasteiger partial charge is 0.493 e. The lowest BCUT2D eigenvalue weighted by Crippen LogP contribution is -3.00. The van der Waals surface area contributed by atoms with Gasteiger partial charge >= 0.3 is 59.1 Å². The quantitative estimate of drug-likeness (QED) is 0.0108. The number of unbranched alkanes of at least 4 members (excludes halogenated alkanes) is 17. The van der Waals surface area contributed by atoms with Gasteiger partial charge in [-0.2, -0.15) is 0 Å². The first-order chi connectivity index (χ1) is 46.2. The molecule has 4 N–H and O–H groups in total. The number of rotatable bonds is 57. The van der Waals surface area contributed by atoms with E-state index in [0.29, 0.717) is 102 Å². The summed E-state index contributed by atoms with van der Waals surface area (Å²) in [7, 11) is -0.0714. The number of halogens is 2. The van der Waals surface area contributed by atoms with Crippen LogP contribution >= 0.6 is 0 Å². The molecule has 0 bridgehead atoms. The number of anilines is 2. The number of nitrogens with one attached hydrogen (secondary N) is 4. The van der Waals surface area contributed by atoms with Crippen molar-refractivity contribution in [2.45, 2.75) is 199 Å². The Hall–Kier alpha value is -4.35. The molecular weight excluding hydrogens is 1350 g/mol. The molecule has 2 aromatic heterocycles. The van der Waals surface area contributed by atoms with E-state index in [1.54, 1.807) is 28.4 Å². The highest BCUT2D eigenvalue weighted by atomic mass is 35.5. The van der Waals surface area contributed by atoms with Crippen molar-refractivity contribution in [3.63, 3.8) is 0 Å². The molecule has 5 rings (SSSR count). The van der Waals surface area contributed by atoms with E-state index in [0.717, 1.165) is 60.3 Å². The van der Waals surface area contributed by atoms with Crippen molar-refractivity contribution in [1.82, 2.24) is 19.8 Å². The summed E-state index contributed by atoms with van der Waals surface area (Å²) in [6.45, 7) is 8.70. The molecule has 1 atom stereocenters. The van der Waals surface area contributed by atoms with Gasteiger partial charge in [0.05, 0.1) is 79.0 Å². The van der Waals surface area contributed by atoms with Crippen LogP contribution in [-0.2, 0) is 81.4 Å². The minimum absolute atomic E-state index is 0. The molecule has 0 amide bonds. The summed E-state index contributed by atoms with van der Waals surface area (Å²) in [6.07, 6.45) is 33.9. The van der Waals surface area contributed by atoms with Crippen molar-refractivity contribution >= 4 is 81.8 Å². The zero-order valence-electron chi connectivity index (χ0n) is 60.3. The van der Waals surface area contributed by atoms with Gasteiger partial charge in [0, 0.05) is 100 Å². The second kappa shape index (κ2) is 50.1. The highest BCUT2D eigenvalue weighted by Crippen LogP contribution is 2.43. The maximum atomic E-state index is 12.8. The summed E-state index contributed by atoms with van der Waals surface area (Å²) in [5.41, 5.74) is 3.31. The van der Waals surface area contributed by atoms with Gasteiger partial charge in [-0.15, -0.1) is 0 Å². The Labute approximate surface area is 597 Å². The number of nitrogens with zero attached hydrogens (tertiary/aromatic N) is 8. The normalized spacial score (nSPS) is 16.1. The average molecular weight is 1470 g/mol. The zero-order chi connectivity index (χ0) is 68.3. The number of carbonyl (C=O) groups excluding carboxylic acids is 2. The Morgan fingerprint density at radius 3 is 1.28 bits per heavy atom. The molecule has 3 heterocycles. The predicted molar refractivity (Wildman–Crippen MR) is 380 cm³/mol. The van der Waals surface area contributed by atoms with Gasteiger partial charge in [-0.25, -0.2) is 18.3 Å². The molecule has 97 heavy (non-hydrogen) atoms. The summed E-state index contributed by atoms with van der Waals surface area (Å²) in [4.78, 5) is 25.4. The first-order valence-electron chi connectivity index (χ1n) is 35.5. The Balaban J connectivity index is 0.0000123. The maximum Gasteiger partial charge on any atom is 0.493 e. The van der Waals surface area contributed by atoms with Gasteiger partial charge in [-0.05, 0) is 100 Å². The number of hydrogen-bond acceptors (Lipinski definition) is 20. The summed E-state index contributed by atoms with van der Waals surface area (Å²) >= 11 is 0. The van der Waals surface area contributed by atoms with Crippen LogP contribution in [0.5, 0.6) is 0 Å². The molecule has 0 saturated carbocycles.